The van der Waals surface area contributed by atoms with E-state index in [9.17, 15) is 9.50 Å². The summed E-state index contributed by atoms with van der Waals surface area (Å²) in [5, 5.41) is 10.2. The van der Waals surface area contributed by atoms with Crippen LogP contribution in [0.25, 0.3) is 0 Å². The summed E-state index contributed by atoms with van der Waals surface area (Å²) in [5.41, 5.74) is 1.63. The zero-order valence-corrected chi connectivity index (χ0v) is 10.2. The number of hydrogen-bond donors (Lipinski definition) is 1. The third-order valence-corrected chi connectivity index (χ3v) is 2.88. The largest absolute Gasteiger partial charge is 0.494 e. The molecule has 1 aromatic heterocycles. The number of benzene rings is 1. The van der Waals surface area contributed by atoms with Crippen LogP contribution in [0, 0.1) is 12.7 Å². The molecule has 0 aliphatic carbocycles. The summed E-state index contributed by atoms with van der Waals surface area (Å²) in [6.45, 7) is 1.85. The minimum atomic E-state index is -1.05. The lowest BCUT2D eigenvalue weighted by Crippen LogP contribution is -2.06. The van der Waals surface area contributed by atoms with Crippen molar-refractivity contribution in [3.05, 3.63) is 59.2 Å². The number of halogens is 1. The van der Waals surface area contributed by atoms with E-state index < -0.39 is 11.9 Å². The molecule has 0 spiro atoms. The molecule has 0 radical (unpaired) electrons. The van der Waals surface area contributed by atoms with Crippen molar-refractivity contribution in [3.63, 3.8) is 0 Å². The Hall–Kier alpha value is -1.94. The van der Waals surface area contributed by atoms with Crippen molar-refractivity contribution in [2.75, 3.05) is 7.11 Å². The Kier molecular flexibility index (Phi) is 3.58. The Balaban J connectivity index is 2.47. The average Bonchev–Trinajstić information content (AvgIpc) is 2.39. The standard InChI is InChI=1S/C14H14FNO2/c1-9-6-7-16-8-11(9)14(17)10-4-3-5-12(18-2)13(10)15/h3-8,14,17H,1-2H3. The molecule has 1 heterocycles. The molecule has 2 aromatic rings. The summed E-state index contributed by atoms with van der Waals surface area (Å²) in [4.78, 5) is 3.95. The Bertz CT molecular complexity index is 557. The van der Waals surface area contributed by atoms with Gasteiger partial charge in [0.25, 0.3) is 0 Å². The van der Waals surface area contributed by atoms with Gasteiger partial charge in [0.05, 0.1) is 7.11 Å². The van der Waals surface area contributed by atoms with Crippen LogP contribution in [0.3, 0.4) is 0 Å². The second kappa shape index (κ2) is 5.14. The molecule has 4 heteroatoms. The van der Waals surface area contributed by atoms with Crippen LogP contribution in [0.4, 0.5) is 4.39 Å². The van der Waals surface area contributed by atoms with Gasteiger partial charge in [-0.3, -0.25) is 4.98 Å². The van der Waals surface area contributed by atoms with Gasteiger partial charge in [-0.25, -0.2) is 4.39 Å². The molecule has 1 N–H and O–H groups in total. The lowest BCUT2D eigenvalue weighted by molar-refractivity contribution is 0.212. The van der Waals surface area contributed by atoms with Gasteiger partial charge in [-0.2, -0.15) is 0 Å². The van der Waals surface area contributed by atoms with Crippen molar-refractivity contribution in [3.8, 4) is 5.75 Å². The fraction of sp³-hybridized carbons (Fsp3) is 0.214. The average molecular weight is 247 g/mol. The molecule has 2 rings (SSSR count). The topological polar surface area (TPSA) is 42.4 Å². The molecule has 1 atom stereocenters. The van der Waals surface area contributed by atoms with Gasteiger partial charge in [0.15, 0.2) is 11.6 Å². The summed E-state index contributed by atoms with van der Waals surface area (Å²) in [6, 6.07) is 6.47. The molecule has 1 unspecified atom stereocenters. The minimum absolute atomic E-state index is 0.119. The summed E-state index contributed by atoms with van der Waals surface area (Å²) >= 11 is 0. The van der Waals surface area contributed by atoms with Gasteiger partial charge in [0.1, 0.15) is 6.10 Å². The molecule has 0 aliphatic heterocycles. The molecule has 3 nitrogen and oxygen atoms in total. The SMILES string of the molecule is COc1cccc(C(O)c2cnccc2C)c1F. The van der Waals surface area contributed by atoms with Gasteiger partial charge in [0.2, 0.25) is 0 Å². The van der Waals surface area contributed by atoms with Gasteiger partial charge in [0, 0.05) is 23.5 Å². The van der Waals surface area contributed by atoms with Crippen molar-refractivity contribution in [1.82, 2.24) is 4.98 Å². The third-order valence-electron chi connectivity index (χ3n) is 2.88. The maximum Gasteiger partial charge on any atom is 0.171 e. The number of pyridine rings is 1. The highest BCUT2D eigenvalue weighted by Crippen LogP contribution is 2.30. The van der Waals surface area contributed by atoms with E-state index in [0.29, 0.717) is 5.56 Å². The number of aromatic nitrogens is 1. The predicted molar refractivity (Wildman–Crippen MR) is 66.0 cm³/mol. The van der Waals surface area contributed by atoms with Crippen molar-refractivity contribution in [2.45, 2.75) is 13.0 Å². The molecule has 94 valence electrons. The van der Waals surface area contributed by atoms with Crippen LogP contribution < -0.4 is 4.74 Å². The van der Waals surface area contributed by atoms with E-state index >= 15 is 0 Å². The first-order valence-corrected chi connectivity index (χ1v) is 5.56. The van der Waals surface area contributed by atoms with E-state index in [2.05, 4.69) is 4.98 Å². The molecule has 0 aliphatic rings. The van der Waals surface area contributed by atoms with Crippen molar-refractivity contribution in [1.29, 1.82) is 0 Å². The number of nitrogens with zero attached hydrogens (tertiary/aromatic N) is 1. The van der Waals surface area contributed by atoms with Crippen molar-refractivity contribution < 1.29 is 14.2 Å². The molecule has 0 bridgehead atoms. The quantitative estimate of drug-likeness (QED) is 0.906. The van der Waals surface area contributed by atoms with E-state index in [-0.39, 0.29) is 11.3 Å². The first kappa shape index (κ1) is 12.5. The number of methoxy groups -OCH3 is 1. The number of ether oxygens (including phenoxy) is 1. The third kappa shape index (κ3) is 2.19. The van der Waals surface area contributed by atoms with Crippen LogP contribution in [0.2, 0.25) is 0 Å². The van der Waals surface area contributed by atoms with E-state index in [1.54, 1.807) is 24.5 Å². The molecular formula is C14H14FNO2. The highest BCUT2D eigenvalue weighted by Gasteiger charge is 2.19. The van der Waals surface area contributed by atoms with Crippen molar-refractivity contribution >= 4 is 0 Å². The Morgan fingerprint density at radius 2 is 2.06 bits per heavy atom. The maximum absolute atomic E-state index is 14.0. The molecule has 1 aromatic carbocycles. The Morgan fingerprint density at radius 1 is 1.28 bits per heavy atom. The fourth-order valence-corrected chi connectivity index (χ4v) is 1.83. The lowest BCUT2D eigenvalue weighted by Gasteiger charge is -2.15. The van der Waals surface area contributed by atoms with Crippen LogP contribution in [0.5, 0.6) is 5.75 Å². The van der Waals surface area contributed by atoms with Crippen LogP contribution >= 0.6 is 0 Å². The van der Waals surface area contributed by atoms with Gasteiger partial charge in [-0.05, 0) is 24.6 Å². The van der Waals surface area contributed by atoms with E-state index in [1.165, 1.54) is 19.2 Å². The normalized spacial score (nSPS) is 12.2. The predicted octanol–water partition coefficient (Wildman–Crippen LogP) is 2.62. The summed E-state index contributed by atoms with van der Waals surface area (Å²) in [7, 11) is 1.39. The first-order valence-electron chi connectivity index (χ1n) is 5.56. The molecule has 0 fully saturated rings. The number of hydrogen-bond acceptors (Lipinski definition) is 3. The fourth-order valence-electron chi connectivity index (χ4n) is 1.83. The van der Waals surface area contributed by atoms with Crippen LogP contribution in [0.1, 0.15) is 22.8 Å². The van der Waals surface area contributed by atoms with Gasteiger partial charge < -0.3 is 9.84 Å². The smallest absolute Gasteiger partial charge is 0.171 e. The second-order valence-corrected chi connectivity index (χ2v) is 4.00. The van der Waals surface area contributed by atoms with Crippen molar-refractivity contribution in [2.24, 2.45) is 0 Å². The first-order chi connectivity index (χ1) is 8.65. The second-order valence-electron chi connectivity index (χ2n) is 4.00. The zero-order chi connectivity index (χ0) is 13.1. The summed E-state index contributed by atoms with van der Waals surface area (Å²) in [6.07, 6.45) is 2.13. The van der Waals surface area contributed by atoms with E-state index in [1.807, 2.05) is 6.92 Å². The Morgan fingerprint density at radius 3 is 2.72 bits per heavy atom. The number of aliphatic hydroxyl groups excluding tert-OH is 1. The minimum Gasteiger partial charge on any atom is -0.494 e. The van der Waals surface area contributed by atoms with E-state index in [0.717, 1.165) is 5.56 Å². The highest BCUT2D eigenvalue weighted by molar-refractivity contribution is 5.38. The van der Waals surface area contributed by atoms with Crippen LogP contribution in [-0.4, -0.2) is 17.2 Å². The number of aliphatic hydroxyl groups is 1. The molecule has 0 saturated heterocycles. The summed E-state index contributed by atoms with van der Waals surface area (Å²) < 4.78 is 18.9. The highest BCUT2D eigenvalue weighted by atomic mass is 19.1. The molecule has 0 amide bonds. The lowest BCUT2D eigenvalue weighted by atomic mass is 9.99. The van der Waals surface area contributed by atoms with Crippen LogP contribution in [-0.2, 0) is 0 Å². The van der Waals surface area contributed by atoms with Gasteiger partial charge in [-0.1, -0.05) is 12.1 Å². The molecule has 0 saturated carbocycles. The zero-order valence-electron chi connectivity index (χ0n) is 10.2. The van der Waals surface area contributed by atoms with Crippen LogP contribution in [0.15, 0.2) is 36.7 Å². The van der Waals surface area contributed by atoms with E-state index in [4.69, 9.17) is 4.74 Å². The monoisotopic (exact) mass is 247 g/mol. The number of aryl methyl sites for hydroxylation is 1. The maximum atomic E-state index is 14.0. The summed E-state index contributed by atoms with van der Waals surface area (Å²) in [5.74, 6) is -0.427. The molecule has 18 heavy (non-hydrogen) atoms. The molecular weight excluding hydrogens is 233 g/mol. The van der Waals surface area contributed by atoms with Gasteiger partial charge in [-0.15, -0.1) is 0 Å². The van der Waals surface area contributed by atoms with Gasteiger partial charge >= 0.3 is 0 Å². The number of rotatable bonds is 3. The Labute approximate surface area is 105 Å².